The number of ether oxygens (including phenoxy) is 1. The number of nitrogen functional groups attached to an aromatic ring is 1. The number of rotatable bonds is 2. The fraction of sp³-hybridized carbons (Fsp3) is 0.500. The van der Waals surface area contributed by atoms with Gasteiger partial charge in [-0.15, -0.1) is 11.3 Å². The van der Waals surface area contributed by atoms with Crippen LogP contribution < -0.4 is 5.73 Å². The van der Waals surface area contributed by atoms with E-state index in [-0.39, 0.29) is 0 Å². The molecule has 0 aliphatic carbocycles. The highest BCUT2D eigenvalue weighted by Gasteiger charge is 2.24. The van der Waals surface area contributed by atoms with Crippen molar-refractivity contribution in [2.45, 2.75) is 38.9 Å². The van der Waals surface area contributed by atoms with Crippen LogP contribution in [0.3, 0.4) is 0 Å². The largest absolute Gasteiger partial charge is 0.383 e. The van der Waals surface area contributed by atoms with Gasteiger partial charge in [0.05, 0.1) is 18.1 Å². The molecule has 2 aromatic rings. The van der Waals surface area contributed by atoms with Gasteiger partial charge in [-0.3, -0.25) is 0 Å². The van der Waals surface area contributed by atoms with E-state index in [0.29, 0.717) is 18.5 Å². The van der Waals surface area contributed by atoms with Crippen molar-refractivity contribution in [3.63, 3.8) is 0 Å². The molecule has 0 fully saturated rings. The molecule has 0 saturated carbocycles. The van der Waals surface area contributed by atoms with E-state index in [2.05, 4.69) is 16.9 Å². The van der Waals surface area contributed by atoms with Gasteiger partial charge in [-0.1, -0.05) is 13.3 Å². The molecular weight excluding hydrogens is 234 g/mol. The quantitative estimate of drug-likeness (QED) is 0.888. The van der Waals surface area contributed by atoms with Gasteiger partial charge in [0.15, 0.2) is 0 Å². The van der Waals surface area contributed by atoms with E-state index >= 15 is 0 Å². The molecule has 0 spiro atoms. The maximum Gasteiger partial charge on any atom is 0.135 e. The lowest BCUT2D eigenvalue weighted by atomic mass is 10.0. The number of hydrogen-bond donors (Lipinski definition) is 1. The summed E-state index contributed by atoms with van der Waals surface area (Å²) in [6.07, 6.45) is 5.05. The molecule has 0 bridgehead atoms. The molecule has 0 saturated heterocycles. The summed E-state index contributed by atoms with van der Waals surface area (Å²) < 4.78 is 5.84. The molecule has 3 rings (SSSR count). The number of fused-ring (bicyclic) bond motifs is 3. The van der Waals surface area contributed by atoms with E-state index < -0.39 is 0 Å². The van der Waals surface area contributed by atoms with E-state index in [1.54, 1.807) is 11.3 Å². The second-order valence-electron chi connectivity index (χ2n) is 4.37. The summed E-state index contributed by atoms with van der Waals surface area (Å²) in [5.74, 6) is 0.602. The fourth-order valence-electron chi connectivity index (χ4n) is 2.38. The summed E-state index contributed by atoms with van der Waals surface area (Å²) in [5, 5.41) is 1.05. The third-order valence-electron chi connectivity index (χ3n) is 3.19. The highest BCUT2D eigenvalue weighted by Crippen LogP contribution is 2.37. The van der Waals surface area contributed by atoms with Crippen molar-refractivity contribution in [2.75, 3.05) is 5.73 Å². The maximum absolute atomic E-state index is 5.96. The molecule has 2 aromatic heterocycles. The summed E-state index contributed by atoms with van der Waals surface area (Å²) in [7, 11) is 0. The molecule has 90 valence electrons. The van der Waals surface area contributed by atoms with Gasteiger partial charge < -0.3 is 10.5 Å². The number of nitrogens with zero attached hydrogens (tertiary/aromatic N) is 2. The Hall–Kier alpha value is -1.20. The van der Waals surface area contributed by atoms with E-state index in [0.717, 1.165) is 29.5 Å². The van der Waals surface area contributed by atoms with Crippen molar-refractivity contribution in [3.8, 4) is 0 Å². The van der Waals surface area contributed by atoms with Gasteiger partial charge in [0.2, 0.25) is 0 Å². The van der Waals surface area contributed by atoms with Crippen molar-refractivity contribution >= 4 is 27.4 Å². The van der Waals surface area contributed by atoms with Gasteiger partial charge in [0, 0.05) is 11.3 Å². The number of thiophene rings is 1. The minimum Gasteiger partial charge on any atom is -0.383 e. The molecule has 2 N–H and O–H groups in total. The van der Waals surface area contributed by atoms with Gasteiger partial charge in [0.1, 0.15) is 17.0 Å². The van der Waals surface area contributed by atoms with Crippen LogP contribution >= 0.6 is 11.3 Å². The van der Waals surface area contributed by atoms with Crippen LogP contribution in [0.2, 0.25) is 0 Å². The third-order valence-corrected chi connectivity index (χ3v) is 4.31. The summed E-state index contributed by atoms with van der Waals surface area (Å²) >= 11 is 1.68. The van der Waals surface area contributed by atoms with Gasteiger partial charge in [-0.2, -0.15) is 0 Å². The van der Waals surface area contributed by atoms with E-state index in [4.69, 9.17) is 10.5 Å². The lowest BCUT2D eigenvalue weighted by molar-refractivity contribution is 0.0254. The van der Waals surface area contributed by atoms with Crippen molar-refractivity contribution < 1.29 is 4.74 Å². The first-order valence-electron chi connectivity index (χ1n) is 5.92. The average Bonchev–Trinajstić information content (AvgIpc) is 2.68. The topological polar surface area (TPSA) is 61.0 Å². The Labute approximate surface area is 104 Å². The van der Waals surface area contributed by atoms with E-state index in [9.17, 15) is 0 Å². The second-order valence-corrected chi connectivity index (χ2v) is 5.45. The molecule has 17 heavy (non-hydrogen) atoms. The SMILES string of the molecule is CCC[C@@H]1Cc2c(sc3ncnc(N)c23)CO1. The highest BCUT2D eigenvalue weighted by molar-refractivity contribution is 7.18. The lowest BCUT2D eigenvalue weighted by Gasteiger charge is -2.22. The molecule has 1 atom stereocenters. The minimum atomic E-state index is 0.324. The first-order valence-corrected chi connectivity index (χ1v) is 6.73. The van der Waals surface area contributed by atoms with Crippen LogP contribution in [0.1, 0.15) is 30.2 Å². The van der Waals surface area contributed by atoms with Gasteiger partial charge in [-0.05, 0) is 12.0 Å². The zero-order chi connectivity index (χ0) is 11.8. The average molecular weight is 249 g/mol. The molecule has 0 radical (unpaired) electrons. The maximum atomic E-state index is 5.96. The summed E-state index contributed by atoms with van der Waals surface area (Å²) in [4.78, 5) is 10.6. The molecule has 5 heteroatoms. The molecule has 3 heterocycles. The molecule has 0 unspecified atom stereocenters. The fourth-order valence-corrected chi connectivity index (χ4v) is 3.48. The van der Waals surface area contributed by atoms with E-state index in [1.807, 2.05) is 0 Å². The Balaban J connectivity index is 2.08. The normalized spacial score (nSPS) is 19.5. The van der Waals surface area contributed by atoms with Crippen molar-refractivity contribution in [1.29, 1.82) is 0 Å². The van der Waals surface area contributed by atoms with Crippen LogP contribution in [0.5, 0.6) is 0 Å². The third kappa shape index (κ3) is 1.79. The smallest absolute Gasteiger partial charge is 0.135 e. The van der Waals surface area contributed by atoms with Crippen LogP contribution in [-0.2, 0) is 17.8 Å². The number of nitrogens with two attached hydrogens (primary N) is 1. The van der Waals surface area contributed by atoms with Gasteiger partial charge >= 0.3 is 0 Å². The molecule has 1 aliphatic rings. The van der Waals surface area contributed by atoms with Crippen molar-refractivity contribution in [2.24, 2.45) is 0 Å². The number of hydrogen-bond acceptors (Lipinski definition) is 5. The Kier molecular flexibility index (Phi) is 2.72. The second kappa shape index (κ2) is 4.23. The molecule has 1 aliphatic heterocycles. The molecule has 0 aromatic carbocycles. The Morgan fingerprint density at radius 2 is 2.41 bits per heavy atom. The summed E-state index contributed by atoms with van der Waals surface area (Å²) in [6, 6.07) is 0. The highest BCUT2D eigenvalue weighted by atomic mass is 32.1. The first kappa shape index (κ1) is 10.9. The molecular formula is C12H15N3OS. The standard InChI is InChI=1S/C12H15N3OS/c1-2-3-7-4-8-9(5-16-7)17-12-10(8)11(13)14-6-15-12/h6-7H,2-5H2,1H3,(H2,13,14,15)/t7-/m1/s1. The Bertz CT molecular complexity index is 552. The Morgan fingerprint density at radius 3 is 3.24 bits per heavy atom. The van der Waals surface area contributed by atoms with E-state index in [1.165, 1.54) is 16.8 Å². The Morgan fingerprint density at radius 1 is 1.53 bits per heavy atom. The number of aromatic nitrogens is 2. The van der Waals surface area contributed by atoms with Crippen LogP contribution in [0.25, 0.3) is 10.2 Å². The monoisotopic (exact) mass is 249 g/mol. The predicted octanol–water partition coefficient (Wildman–Crippen LogP) is 2.51. The number of anilines is 1. The van der Waals surface area contributed by atoms with Gasteiger partial charge in [0.25, 0.3) is 0 Å². The summed E-state index contributed by atoms with van der Waals surface area (Å²) in [6.45, 7) is 2.88. The van der Waals surface area contributed by atoms with Crippen LogP contribution in [0.15, 0.2) is 6.33 Å². The zero-order valence-electron chi connectivity index (χ0n) is 9.77. The zero-order valence-corrected chi connectivity index (χ0v) is 10.6. The minimum absolute atomic E-state index is 0.324. The van der Waals surface area contributed by atoms with Crippen LogP contribution in [0, 0.1) is 0 Å². The summed E-state index contributed by atoms with van der Waals surface area (Å²) in [5.41, 5.74) is 7.27. The lowest BCUT2D eigenvalue weighted by Crippen LogP contribution is -2.21. The molecule has 0 amide bonds. The first-order chi connectivity index (χ1) is 8.29. The van der Waals surface area contributed by atoms with Crippen LogP contribution in [-0.4, -0.2) is 16.1 Å². The molecule has 4 nitrogen and oxygen atoms in total. The van der Waals surface area contributed by atoms with Crippen LogP contribution in [0.4, 0.5) is 5.82 Å². The predicted molar refractivity (Wildman–Crippen MR) is 69.0 cm³/mol. The van der Waals surface area contributed by atoms with Gasteiger partial charge in [-0.25, -0.2) is 9.97 Å². The van der Waals surface area contributed by atoms with Crippen molar-refractivity contribution in [1.82, 2.24) is 9.97 Å². The van der Waals surface area contributed by atoms with Crippen molar-refractivity contribution in [3.05, 3.63) is 16.8 Å².